The lowest BCUT2D eigenvalue weighted by molar-refractivity contribution is 0.766. The van der Waals surface area contributed by atoms with Crippen molar-refractivity contribution in [3.05, 3.63) is 180 Å². The van der Waals surface area contributed by atoms with Gasteiger partial charge in [-0.1, -0.05) is 152 Å². The normalized spacial score (nSPS) is 16.0. The number of benzene rings is 5. The van der Waals surface area contributed by atoms with Crippen molar-refractivity contribution in [3.8, 4) is 11.1 Å². The predicted octanol–water partition coefficient (Wildman–Crippen LogP) is 10.1. The molecule has 5 aromatic rings. The summed E-state index contributed by atoms with van der Waals surface area (Å²) in [5.41, 5.74) is 10.1. The van der Waals surface area contributed by atoms with Crippen molar-refractivity contribution in [1.82, 2.24) is 0 Å². The fraction of sp³-hybridized carbons (Fsp3) is 0.105. The van der Waals surface area contributed by atoms with E-state index in [0.717, 1.165) is 0 Å². The Morgan fingerprint density at radius 3 is 2.13 bits per heavy atom. The molecule has 0 nitrogen and oxygen atoms in total. The monoisotopic (exact) mass is 490 g/mol. The van der Waals surface area contributed by atoms with Crippen LogP contribution in [0, 0.1) is 13.8 Å². The van der Waals surface area contributed by atoms with Crippen molar-refractivity contribution >= 4 is 10.8 Å². The highest BCUT2D eigenvalue weighted by Gasteiger charge is 2.46. The van der Waals surface area contributed by atoms with Gasteiger partial charge in [-0.3, -0.25) is 0 Å². The topological polar surface area (TPSA) is 0 Å². The van der Waals surface area contributed by atoms with E-state index < -0.39 is 0 Å². The van der Waals surface area contributed by atoms with Crippen molar-refractivity contribution in [2.45, 2.75) is 26.2 Å². The van der Waals surface area contributed by atoms with Gasteiger partial charge in [0.1, 0.15) is 0 Å². The predicted molar refractivity (Wildman–Crippen MR) is 165 cm³/mol. The summed E-state index contributed by atoms with van der Waals surface area (Å²) in [6.07, 6.45) is 8.40. The lowest BCUT2D eigenvalue weighted by Crippen LogP contribution is -2.29. The summed E-state index contributed by atoms with van der Waals surface area (Å²) in [4.78, 5) is 0. The largest absolute Gasteiger partial charge is 0.0991 e. The Bertz CT molecular complexity index is 1640. The fourth-order valence-electron chi connectivity index (χ4n) is 5.87. The lowest BCUT2D eigenvalue weighted by Gasteiger charge is -2.34. The highest BCUT2D eigenvalue weighted by atomic mass is 14.5. The average molecular weight is 491 g/mol. The van der Waals surface area contributed by atoms with Crippen LogP contribution in [0.15, 0.2) is 152 Å². The molecule has 0 aromatic heterocycles. The summed E-state index contributed by atoms with van der Waals surface area (Å²) < 4.78 is 0. The smallest absolute Gasteiger partial charge is 0.0713 e. The van der Waals surface area contributed by atoms with Gasteiger partial charge in [0.25, 0.3) is 0 Å². The zero-order valence-corrected chi connectivity index (χ0v) is 22.5. The Morgan fingerprint density at radius 1 is 0.684 bits per heavy atom. The maximum atomic E-state index is 4.00. The number of fused-ring (bicyclic) bond motifs is 4. The van der Waals surface area contributed by atoms with Gasteiger partial charge in [-0.25, -0.2) is 0 Å². The quantitative estimate of drug-likeness (QED) is 0.220. The van der Waals surface area contributed by atoms with Crippen molar-refractivity contribution < 1.29 is 0 Å². The van der Waals surface area contributed by atoms with Crippen molar-refractivity contribution in [2.75, 3.05) is 0 Å². The van der Waals surface area contributed by atoms with Gasteiger partial charge in [-0.15, -0.1) is 0 Å². The molecule has 0 saturated heterocycles. The number of aryl methyl sites for hydroxylation is 2. The second-order valence-electron chi connectivity index (χ2n) is 9.86. The third-order valence-corrected chi connectivity index (χ3v) is 7.49. The van der Waals surface area contributed by atoms with Crippen LogP contribution in [0.3, 0.4) is 0 Å². The van der Waals surface area contributed by atoms with Crippen LogP contribution in [0.25, 0.3) is 21.9 Å². The maximum absolute atomic E-state index is 4.00. The van der Waals surface area contributed by atoms with Crippen molar-refractivity contribution in [1.29, 1.82) is 0 Å². The molecular formula is C38H34. The molecule has 1 atom stereocenters. The molecule has 1 aliphatic carbocycles. The molecule has 6 rings (SSSR count). The number of hydrogen-bond acceptors (Lipinski definition) is 0. The molecular weight excluding hydrogens is 456 g/mol. The molecule has 5 aromatic carbocycles. The molecule has 38 heavy (non-hydrogen) atoms. The number of allylic oxidation sites excluding steroid dienone is 5. The molecule has 0 spiro atoms. The summed E-state index contributed by atoms with van der Waals surface area (Å²) in [5.74, 6) is 0. The van der Waals surface area contributed by atoms with Gasteiger partial charge < -0.3 is 0 Å². The van der Waals surface area contributed by atoms with E-state index in [9.17, 15) is 0 Å². The number of rotatable bonds is 4. The van der Waals surface area contributed by atoms with Gasteiger partial charge in [0.05, 0.1) is 5.41 Å². The van der Waals surface area contributed by atoms with Gasteiger partial charge in [0, 0.05) is 0 Å². The van der Waals surface area contributed by atoms with Crippen LogP contribution in [0.1, 0.15) is 34.7 Å². The van der Waals surface area contributed by atoms with Crippen molar-refractivity contribution in [2.24, 2.45) is 0 Å². The van der Waals surface area contributed by atoms with Crippen LogP contribution in [0.2, 0.25) is 0 Å². The van der Waals surface area contributed by atoms with E-state index in [0.29, 0.717) is 0 Å². The second kappa shape index (κ2) is 10.9. The van der Waals surface area contributed by atoms with Crippen LogP contribution in [0.4, 0.5) is 0 Å². The molecule has 1 unspecified atom stereocenters. The molecule has 0 heteroatoms. The highest BCUT2D eigenvalue weighted by Crippen LogP contribution is 2.56. The van der Waals surface area contributed by atoms with Gasteiger partial charge >= 0.3 is 0 Å². The van der Waals surface area contributed by atoms with E-state index in [1.54, 1.807) is 0 Å². The van der Waals surface area contributed by atoms with Gasteiger partial charge in [0.2, 0.25) is 0 Å². The van der Waals surface area contributed by atoms with Crippen LogP contribution < -0.4 is 0 Å². The molecule has 0 heterocycles. The molecule has 186 valence electrons. The lowest BCUT2D eigenvalue weighted by atomic mass is 9.66. The minimum absolute atomic E-state index is 0.333. The van der Waals surface area contributed by atoms with Crippen LogP contribution in [0.5, 0.6) is 0 Å². The standard InChI is InChI=1S/C27H24.C11H10/c1-4-11-21(12-5-2)27(22-13-7-6-8-14-22)25-16-10-9-15-23(25)24-18-17-20(3)19-26(24)27;1-9-5-4-7-10-6-2-3-8-11(9)10/h4-19H,1H2,2-3H3;2-8H,1H3/b12-5-,21-11+;. The zero-order valence-electron chi connectivity index (χ0n) is 22.5. The van der Waals surface area contributed by atoms with Crippen LogP contribution in [-0.2, 0) is 5.41 Å². The average Bonchev–Trinajstić information content (AvgIpc) is 3.24. The van der Waals surface area contributed by atoms with Gasteiger partial charge in [-0.05, 0) is 70.5 Å². The highest BCUT2D eigenvalue weighted by molar-refractivity contribution is 5.87. The Hall–Kier alpha value is -4.42. The Labute approximate surface area is 227 Å². The molecule has 0 saturated carbocycles. The summed E-state index contributed by atoms with van der Waals surface area (Å²) in [6.45, 7) is 10.4. The third-order valence-electron chi connectivity index (χ3n) is 7.49. The molecule has 0 aliphatic heterocycles. The van der Waals surface area contributed by atoms with Gasteiger partial charge in [0.15, 0.2) is 0 Å². The van der Waals surface area contributed by atoms with E-state index in [1.807, 2.05) is 6.08 Å². The summed E-state index contributed by atoms with van der Waals surface area (Å²) >= 11 is 0. The first kappa shape index (κ1) is 25.2. The Morgan fingerprint density at radius 2 is 1.37 bits per heavy atom. The summed E-state index contributed by atoms with van der Waals surface area (Å²) in [6, 6.07) is 41.3. The molecule has 0 radical (unpaired) electrons. The van der Waals surface area contributed by atoms with E-state index in [2.05, 4.69) is 161 Å². The third kappa shape index (κ3) is 4.33. The van der Waals surface area contributed by atoms with E-state index in [4.69, 9.17) is 0 Å². The Balaban J connectivity index is 0.000000222. The fourth-order valence-corrected chi connectivity index (χ4v) is 5.87. The van der Waals surface area contributed by atoms with Crippen LogP contribution in [-0.4, -0.2) is 0 Å². The molecule has 0 N–H and O–H groups in total. The molecule has 0 fully saturated rings. The number of hydrogen-bond donors (Lipinski definition) is 0. The molecule has 0 bridgehead atoms. The van der Waals surface area contributed by atoms with Crippen molar-refractivity contribution in [3.63, 3.8) is 0 Å². The minimum Gasteiger partial charge on any atom is -0.0991 e. The summed E-state index contributed by atoms with van der Waals surface area (Å²) in [5, 5.41) is 2.68. The first-order chi connectivity index (χ1) is 18.6. The second-order valence-corrected chi connectivity index (χ2v) is 9.86. The summed E-state index contributed by atoms with van der Waals surface area (Å²) in [7, 11) is 0. The first-order valence-electron chi connectivity index (χ1n) is 13.3. The molecule has 1 aliphatic rings. The van der Waals surface area contributed by atoms with E-state index in [1.165, 1.54) is 55.3 Å². The van der Waals surface area contributed by atoms with E-state index >= 15 is 0 Å². The Kier molecular flexibility index (Phi) is 7.24. The van der Waals surface area contributed by atoms with Gasteiger partial charge in [-0.2, -0.15) is 0 Å². The van der Waals surface area contributed by atoms with E-state index in [-0.39, 0.29) is 5.41 Å². The first-order valence-corrected chi connectivity index (χ1v) is 13.3. The molecule has 0 amide bonds. The zero-order chi connectivity index (χ0) is 26.5. The maximum Gasteiger partial charge on any atom is 0.0713 e. The SMILES string of the molecule is C=C/C=C(\C=C/C)C1(c2ccccc2)c2ccccc2-c2ccc(C)cc21.Cc1cccc2ccccc12. The minimum atomic E-state index is -0.333. The van der Waals surface area contributed by atoms with Crippen LogP contribution >= 0.6 is 0 Å².